The van der Waals surface area contributed by atoms with Crippen LogP contribution in [0.1, 0.15) is 44.1 Å². The Morgan fingerprint density at radius 1 is 1.06 bits per heavy atom. The summed E-state index contributed by atoms with van der Waals surface area (Å²) in [6.07, 6.45) is 7.82. The number of unbranched alkanes of at least 4 members (excludes halogenated alkanes) is 1. The summed E-state index contributed by atoms with van der Waals surface area (Å²) in [7, 11) is 3.25. The van der Waals surface area contributed by atoms with Gasteiger partial charge in [-0.15, -0.1) is 24.0 Å². The Kier molecular flexibility index (Phi) is 12.9. The van der Waals surface area contributed by atoms with E-state index in [9.17, 15) is 4.79 Å². The first-order valence-electron chi connectivity index (χ1n) is 12.2. The zero-order chi connectivity index (χ0) is 22.6. The van der Waals surface area contributed by atoms with E-state index in [0.717, 1.165) is 50.8 Å². The third-order valence-corrected chi connectivity index (χ3v) is 6.76. The first-order valence-corrected chi connectivity index (χ1v) is 12.2. The molecule has 0 unspecified atom stereocenters. The molecule has 2 fully saturated rings. The van der Waals surface area contributed by atoms with Crippen LogP contribution in [0.25, 0.3) is 0 Å². The molecule has 186 valence electrons. The zero-order valence-corrected chi connectivity index (χ0v) is 22.6. The summed E-state index contributed by atoms with van der Waals surface area (Å²) >= 11 is 0. The lowest BCUT2D eigenvalue weighted by Gasteiger charge is -2.32. The van der Waals surface area contributed by atoms with Crippen molar-refractivity contribution in [3.8, 4) is 0 Å². The van der Waals surface area contributed by atoms with Crippen LogP contribution >= 0.6 is 24.0 Å². The van der Waals surface area contributed by atoms with Crippen molar-refractivity contribution in [2.45, 2.75) is 51.0 Å². The van der Waals surface area contributed by atoms with Crippen LogP contribution in [0.3, 0.4) is 0 Å². The van der Waals surface area contributed by atoms with Gasteiger partial charge in [-0.2, -0.15) is 0 Å². The first-order chi connectivity index (χ1) is 15.7. The third-order valence-electron chi connectivity index (χ3n) is 6.76. The van der Waals surface area contributed by atoms with E-state index in [1.807, 2.05) is 7.05 Å². The summed E-state index contributed by atoms with van der Waals surface area (Å²) in [6.45, 7) is 6.05. The maximum absolute atomic E-state index is 11.6. The Labute approximate surface area is 216 Å². The fraction of sp³-hybridized carbons (Fsp3) is 0.680. The highest BCUT2D eigenvalue weighted by molar-refractivity contribution is 14.0. The predicted molar refractivity (Wildman–Crippen MR) is 145 cm³/mol. The van der Waals surface area contributed by atoms with E-state index in [2.05, 4.69) is 50.9 Å². The van der Waals surface area contributed by atoms with Crippen molar-refractivity contribution in [3.05, 3.63) is 35.9 Å². The van der Waals surface area contributed by atoms with Gasteiger partial charge in [0.2, 0.25) is 0 Å². The van der Waals surface area contributed by atoms with E-state index in [1.165, 1.54) is 58.0 Å². The van der Waals surface area contributed by atoms with E-state index in [4.69, 9.17) is 4.74 Å². The van der Waals surface area contributed by atoms with Gasteiger partial charge < -0.3 is 25.2 Å². The van der Waals surface area contributed by atoms with Crippen LogP contribution in [0.15, 0.2) is 35.3 Å². The van der Waals surface area contributed by atoms with Gasteiger partial charge in [-0.3, -0.25) is 4.99 Å². The third kappa shape index (κ3) is 9.68. The average molecular weight is 572 g/mol. The maximum Gasteiger partial charge on any atom is 0.409 e. The van der Waals surface area contributed by atoms with E-state index >= 15 is 0 Å². The minimum absolute atomic E-state index is 0. The summed E-state index contributed by atoms with van der Waals surface area (Å²) in [4.78, 5) is 20.4. The number of nitrogens with one attached hydrogen (secondary N) is 2. The van der Waals surface area contributed by atoms with Gasteiger partial charge in [0.15, 0.2) is 5.96 Å². The number of carbonyl (C=O) groups excluding carboxylic acids is 1. The number of piperidine rings is 2. The molecule has 0 radical (unpaired) electrons. The van der Waals surface area contributed by atoms with Crippen LogP contribution in [-0.4, -0.2) is 81.3 Å². The van der Waals surface area contributed by atoms with Crippen LogP contribution < -0.4 is 10.6 Å². The Balaban J connectivity index is 0.00000385. The highest BCUT2D eigenvalue weighted by atomic mass is 127. The summed E-state index contributed by atoms with van der Waals surface area (Å²) in [5, 5.41) is 6.95. The highest BCUT2D eigenvalue weighted by Gasteiger charge is 2.23. The van der Waals surface area contributed by atoms with Crippen molar-refractivity contribution < 1.29 is 9.53 Å². The van der Waals surface area contributed by atoms with Crippen molar-refractivity contribution in [2.75, 3.05) is 53.4 Å². The monoisotopic (exact) mass is 571 g/mol. The van der Waals surface area contributed by atoms with E-state index in [-0.39, 0.29) is 30.1 Å². The SMILES string of the molecule is CN=C(NCCCCN1CCC(Cc2ccccc2)CC1)NC1CCN(C(=O)OC)CC1.I. The van der Waals surface area contributed by atoms with Gasteiger partial charge in [-0.05, 0) is 76.1 Å². The Bertz CT molecular complexity index is 702. The smallest absolute Gasteiger partial charge is 0.409 e. The second-order valence-corrected chi connectivity index (χ2v) is 9.06. The number of carbonyl (C=O) groups is 1. The molecule has 0 spiro atoms. The Hall–Kier alpha value is -1.55. The van der Waals surface area contributed by atoms with E-state index in [1.54, 1.807) is 4.90 Å². The molecule has 2 aliphatic heterocycles. The molecule has 0 bridgehead atoms. The van der Waals surface area contributed by atoms with Crippen LogP contribution in [0.5, 0.6) is 0 Å². The number of nitrogens with zero attached hydrogens (tertiary/aromatic N) is 3. The number of methoxy groups -OCH3 is 1. The van der Waals surface area contributed by atoms with Crippen LogP contribution in [0.4, 0.5) is 4.79 Å². The van der Waals surface area contributed by atoms with Gasteiger partial charge in [-0.25, -0.2) is 4.79 Å². The molecule has 0 aliphatic carbocycles. The fourth-order valence-corrected chi connectivity index (χ4v) is 4.75. The number of hydrogen-bond donors (Lipinski definition) is 2. The quantitative estimate of drug-likeness (QED) is 0.216. The summed E-state index contributed by atoms with van der Waals surface area (Å²) < 4.78 is 4.80. The first kappa shape index (κ1) is 27.7. The number of rotatable bonds is 8. The molecule has 33 heavy (non-hydrogen) atoms. The van der Waals surface area contributed by atoms with Gasteiger partial charge in [0.05, 0.1) is 7.11 Å². The van der Waals surface area contributed by atoms with Gasteiger partial charge >= 0.3 is 6.09 Å². The van der Waals surface area contributed by atoms with Gasteiger partial charge in [-0.1, -0.05) is 30.3 Å². The fourth-order valence-electron chi connectivity index (χ4n) is 4.75. The van der Waals surface area contributed by atoms with Crippen LogP contribution in [0.2, 0.25) is 0 Å². The number of guanidine groups is 1. The molecule has 1 aromatic rings. The normalized spacial score (nSPS) is 18.5. The predicted octanol–water partition coefficient (Wildman–Crippen LogP) is 3.74. The molecule has 2 N–H and O–H groups in total. The van der Waals surface area contributed by atoms with Crippen molar-refractivity contribution in [1.29, 1.82) is 0 Å². The lowest BCUT2D eigenvalue weighted by Crippen LogP contribution is -2.49. The van der Waals surface area contributed by atoms with Crippen LogP contribution in [0, 0.1) is 5.92 Å². The molecule has 0 saturated carbocycles. The molecule has 3 rings (SSSR count). The lowest BCUT2D eigenvalue weighted by molar-refractivity contribution is 0.111. The average Bonchev–Trinajstić information content (AvgIpc) is 2.84. The Morgan fingerprint density at radius 2 is 1.76 bits per heavy atom. The number of amides is 1. The second-order valence-electron chi connectivity index (χ2n) is 9.06. The van der Waals surface area contributed by atoms with E-state index in [0.29, 0.717) is 6.04 Å². The molecule has 7 nitrogen and oxygen atoms in total. The molecule has 2 saturated heterocycles. The molecular weight excluding hydrogens is 529 g/mol. The molecule has 0 atom stereocenters. The molecule has 2 aliphatic rings. The molecule has 1 amide bonds. The van der Waals surface area contributed by atoms with Crippen LogP contribution in [-0.2, 0) is 11.2 Å². The number of benzene rings is 1. The molecule has 1 aromatic carbocycles. The number of hydrogen-bond acceptors (Lipinski definition) is 4. The molecular formula is C25H42IN5O2. The second kappa shape index (κ2) is 15.4. The summed E-state index contributed by atoms with van der Waals surface area (Å²) in [5.41, 5.74) is 1.48. The standard InChI is InChI=1S/C25H41N5O2.HI/c1-26-24(28-23-12-18-30(19-13-23)25(31)32-2)27-14-6-7-15-29-16-10-22(11-17-29)20-21-8-4-3-5-9-21;/h3-5,8-9,22-23H,6-7,10-20H2,1-2H3,(H2,26,27,28);1H. The van der Waals surface area contributed by atoms with Gasteiger partial charge in [0.1, 0.15) is 0 Å². The highest BCUT2D eigenvalue weighted by Crippen LogP contribution is 2.21. The number of likely N-dealkylation sites (tertiary alicyclic amines) is 2. The number of ether oxygens (including phenoxy) is 1. The van der Waals surface area contributed by atoms with Gasteiger partial charge in [0.25, 0.3) is 0 Å². The summed E-state index contributed by atoms with van der Waals surface area (Å²) in [6, 6.07) is 11.3. The minimum Gasteiger partial charge on any atom is -0.453 e. The maximum atomic E-state index is 11.6. The molecule has 0 aromatic heterocycles. The van der Waals surface area contributed by atoms with Crippen molar-refractivity contribution in [1.82, 2.24) is 20.4 Å². The minimum atomic E-state index is -0.230. The lowest BCUT2D eigenvalue weighted by atomic mass is 9.90. The van der Waals surface area contributed by atoms with Crippen molar-refractivity contribution in [2.24, 2.45) is 10.9 Å². The Morgan fingerprint density at radius 3 is 2.39 bits per heavy atom. The zero-order valence-electron chi connectivity index (χ0n) is 20.3. The summed E-state index contributed by atoms with van der Waals surface area (Å²) in [5.74, 6) is 1.70. The number of aliphatic imine (C=N–C) groups is 1. The van der Waals surface area contributed by atoms with E-state index < -0.39 is 0 Å². The van der Waals surface area contributed by atoms with Gasteiger partial charge in [0, 0.05) is 32.7 Å². The number of halogens is 1. The molecule has 2 heterocycles. The van der Waals surface area contributed by atoms with Crippen molar-refractivity contribution >= 4 is 36.0 Å². The van der Waals surface area contributed by atoms with Crippen molar-refractivity contribution in [3.63, 3.8) is 0 Å². The largest absolute Gasteiger partial charge is 0.453 e. The molecule has 8 heteroatoms. The topological polar surface area (TPSA) is 69.2 Å².